The molecule has 0 saturated heterocycles. The molecule has 0 rings (SSSR count). The predicted molar refractivity (Wildman–Crippen MR) is 38.1 cm³/mol. The van der Waals surface area contributed by atoms with E-state index in [4.69, 9.17) is 9.66 Å². The van der Waals surface area contributed by atoms with E-state index < -0.39 is 32.4 Å². The van der Waals surface area contributed by atoms with Crippen LogP contribution in [0.15, 0.2) is 0 Å². The molecule has 1 unspecified atom stereocenters. The lowest BCUT2D eigenvalue weighted by Crippen LogP contribution is -2.22. The first kappa shape index (κ1) is 11.8. The first-order valence-corrected chi connectivity index (χ1v) is 5.66. The van der Waals surface area contributed by atoms with Gasteiger partial charge in [0.2, 0.25) is 0 Å². The van der Waals surface area contributed by atoms with Gasteiger partial charge in [-0.15, -0.1) is 3.63 Å². The van der Waals surface area contributed by atoms with Crippen molar-refractivity contribution in [2.75, 3.05) is 5.75 Å². The van der Waals surface area contributed by atoms with Gasteiger partial charge in [-0.2, -0.15) is 16.8 Å². The zero-order chi connectivity index (χ0) is 9.99. The maximum absolute atomic E-state index is 10.5. The van der Waals surface area contributed by atoms with Gasteiger partial charge in [-0.25, -0.2) is 0 Å². The number of hydrogen-bond acceptors (Lipinski definition) is 6. The van der Waals surface area contributed by atoms with Crippen LogP contribution in [-0.4, -0.2) is 38.4 Å². The maximum atomic E-state index is 10.5. The molecule has 0 amide bonds. The zero-order valence-corrected chi connectivity index (χ0v) is 7.67. The van der Waals surface area contributed by atoms with E-state index in [-0.39, 0.29) is 0 Å². The van der Waals surface area contributed by atoms with Crippen LogP contribution in [0.5, 0.6) is 0 Å². The average molecular weight is 220 g/mol. The number of hydrogen-bond donors (Lipinski definition) is 2. The van der Waals surface area contributed by atoms with Crippen molar-refractivity contribution in [1.82, 2.24) is 0 Å². The van der Waals surface area contributed by atoms with Crippen molar-refractivity contribution in [3.63, 3.8) is 0 Å². The molecule has 2 N–H and O–H groups in total. The lowest BCUT2D eigenvalue weighted by molar-refractivity contribution is 0.215. The Balaban J connectivity index is 4.47. The molecule has 0 aliphatic rings. The van der Waals surface area contributed by atoms with Gasteiger partial charge in [0, 0.05) is 0 Å². The third-order valence-electron chi connectivity index (χ3n) is 0.635. The first-order valence-electron chi connectivity index (χ1n) is 2.72. The van der Waals surface area contributed by atoms with Gasteiger partial charge in [0.1, 0.15) is 5.75 Å². The summed E-state index contributed by atoms with van der Waals surface area (Å²) in [6.07, 6.45) is -1.27. The van der Waals surface area contributed by atoms with Gasteiger partial charge in [0.15, 0.2) is 0 Å². The molecule has 0 aliphatic heterocycles. The van der Waals surface area contributed by atoms with E-state index in [1.807, 2.05) is 0 Å². The molecule has 0 radical (unpaired) electrons. The molecule has 0 spiro atoms. The summed E-state index contributed by atoms with van der Waals surface area (Å²) in [4.78, 5) is 0. The standard InChI is InChI=1S/C3H8O7S2/c1-3(4)2-11(5,6)10-12(7,8)9/h3-4H,2H2,1H3,(H,7,8,9). The molecule has 0 aromatic rings. The van der Waals surface area contributed by atoms with Crippen molar-refractivity contribution in [2.24, 2.45) is 0 Å². The fraction of sp³-hybridized carbons (Fsp3) is 1.00. The Bertz CT molecular complexity index is 322. The Morgan fingerprint density at radius 2 is 1.75 bits per heavy atom. The minimum Gasteiger partial charge on any atom is -0.392 e. The summed E-state index contributed by atoms with van der Waals surface area (Å²) >= 11 is 0. The Kier molecular flexibility index (Phi) is 3.59. The van der Waals surface area contributed by atoms with E-state index in [9.17, 15) is 16.8 Å². The molecule has 0 bridgehead atoms. The normalized spacial score (nSPS) is 15.9. The third-order valence-corrected chi connectivity index (χ3v) is 3.04. The van der Waals surface area contributed by atoms with Gasteiger partial charge < -0.3 is 5.11 Å². The molecule has 0 heterocycles. The molecule has 9 heteroatoms. The van der Waals surface area contributed by atoms with E-state index in [1.54, 1.807) is 0 Å². The van der Waals surface area contributed by atoms with E-state index in [0.717, 1.165) is 6.92 Å². The van der Waals surface area contributed by atoms with Gasteiger partial charge in [0.25, 0.3) is 10.1 Å². The van der Waals surface area contributed by atoms with Crippen LogP contribution in [0.2, 0.25) is 0 Å². The van der Waals surface area contributed by atoms with Crippen LogP contribution in [0, 0.1) is 0 Å². The maximum Gasteiger partial charge on any atom is 0.412 e. The van der Waals surface area contributed by atoms with E-state index in [0.29, 0.717) is 0 Å². The Hall–Kier alpha value is -0.220. The summed E-state index contributed by atoms with van der Waals surface area (Å²) in [5.41, 5.74) is 0. The molecule has 0 aliphatic carbocycles. The number of rotatable bonds is 4. The van der Waals surface area contributed by atoms with E-state index in [2.05, 4.69) is 3.63 Å². The highest BCUT2D eigenvalue weighted by Crippen LogP contribution is 2.00. The third kappa shape index (κ3) is 6.49. The summed E-state index contributed by atoms with van der Waals surface area (Å²) in [5, 5.41) is 8.55. The second-order valence-corrected chi connectivity index (χ2v) is 4.92. The Morgan fingerprint density at radius 3 is 2.00 bits per heavy atom. The molecule has 74 valence electrons. The molecular weight excluding hydrogens is 212 g/mol. The molecule has 0 fully saturated rings. The highest BCUT2D eigenvalue weighted by Gasteiger charge is 2.22. The largest absolute Gasteiger partial charge is 0.412 e. The van der Waals surface area contributed by atoms with Crippen molar-refractivity contribution < 1.29 is 30.1 Å². The average Bonchev–Trinajstić information content (AvgIpc) is 1.48. The summed E-state index contributed by atoms with van der Waals surface area (Å²) in [6.45, 7) is 1.13. The highest BCUT2D eigenvalue weighted by atomic mass is 32.3. The van der Waals surface area contributed by atoms with Gasteiger partial charge >= 0.3 is 10.4 Å². The SMILES string of the molecule is CC(O)CS(=O)(=O)OS(=O)(=O)O. The highest BCUT2D eigenvalue weighted by molar-refractivity contribution is 7.97. The minimum atomic E-state index is -5.03. The van der Waals surface area contributed by atoms with Crippen molar-refractivity contribution >= 4 is 20.5 Å². The fourth-order valence-corrected chi connectivity index (χ4v) is 2.32. The smallest absolute Gasteiger partial charge is 0.392 e. The summed E-state index contributed by atoms with van der Waals surface area (Å²) in [7, 11) is -9.45. The minimum absolute atomic E-state index is 0.896. The van der Waals surface area contributed by atoms with Crippen LogP contribution in [0.3, 0.4) is 0 Å². The lowest BCUT2D eigenvalue weighted by atomic mass is 10.5. The monoisotopic (exact) mass is 220 g/mol. The van der Waals surface area contributed by atoms with Crippen molar-refractivity contribution in [1.29, 1.82) is 0 Å². The van der Waals surface area contributed by atoms with Crippen molar-refractivity contribution in [3.05, 3.63) is 0 Å². The van der Waals surface area contributed by atoms with Crippen LogP contribution >= 0.6 is 0 Å². The molecule has 7 nitrogen and oxygen atoms in total. The Labute approximate surface area is 70.0 Å². The second-order valence-electron chi connectivity index (χ2n) is 2.07. The van der Waals surface area contributed by atoms with Crippen molar-refractivity contribution in [2.45, 2.75) is 13.0 Å². The van der Waals surface area contributed by atoms with E-state index >= 15 is 0 Å². The fourth-order valence-electron chi connectivity index (χ4n) is 0.454. The summed E-state index contributed by atoms with van der Waals surface area (Å²) in [5.74, 6) is -0.896. The van der Waals surface area contributed by atoms with Crippen LogP contribution in [0.1, 0.15) is 6.92 Å². The molecule has 0 saturated carbocycles. The summed E-state index contributed by atoms with van der Waals surface area (Å²) < 4.78 is 52.1. The molecule has 0 aromatic heterocycles. The van der Waals surface area contributed by atoms with Gasteiger partial charge in [-0.3, -0.25) is 4.55 Å². The van der Waals surface area contributed by atoms with Crippen molar-refractivity contribution in [3.8, 4) is 0 Å². The molecule has 1 atom stereocenters. The lowest BCUT2D eigenvalue weighted by Gasteiger charge is -2.03. The molecular formula is C3H8O7S2. The van der Waals surface area contributed by atoms with Crippen LogP contribution in [0.25, 0.3) is 0 Å². The van der Waals surface area contributed by atoms with Crippen LogP contribution in [0.4, 0.5) is 0 Å². The topological polar surface area (TPSA) is 118 Å². The molecule has 0 aromatic carbocycles. The van der Waals surface area contributed by atoms with Crippen LogP contribution < -0.4 is 0 Å². The predicted octanol–water partition coefficient (Wildman–Crippen LogP) is -1.48. The second kappa shape index (κ2) is 3.66. The van der Waals surface area contributed by atoms with E-state index in [1.165, 1.54) is 0 Å². The molecule has 12 heavy (non-hydrogen) atoms. The van der Waals surface area contributed by atoms with Crippen LogP contribution in [-0.2, 0) is 24.1 Å². The van der Waals surface area contributed by atoms with Gasteiger partial charge in [-0.05, 0) is 6.92 Å². The zero-order valence-electron chi connectivity index (χ0n) is 6.04. The summed E-state index contributed by atoms with van der Waals surface area (Å²) in [6, 6.07) is 0. The quantitative estimate of drug-likeness (QED) is 0.554. The first-order chi connectivity index (χ1) is 5.12. The Morgan fingerprint density at radius 1 is 1.33 bits per heavy atom. The number of aliphatic hydroxyl groups is 1. The van der Waals surface area contributed by atoms with Gasteiger partial charge in [-0.1, -0.05) is 0 Å². The number of aliphatic hydroxyl groups excluding tert-OH is 1. The van der Waals surface area contributed by atoms with Gasteiger partial charge in [0.05, 0.1) is 6.10 Å².